The van der Waals surface area contributed by atoms with Gasteiger partial charge in [-0.1, -0.05) is 20.8 Å². The first-order valence-corrected chi connectivity index (χ1v) is 7.51. The van der Waals surface area contributed by atoms with E-state index in [0.29, 0.717) is 5.41 Å². The summed E-state index contributed by atoms with van der Waals surface area (Å²) in [5.74, 6) is 0.867. The zero-order chi connectivity index (χ0) is 13.6. The summed E-state index contributed by atoms with van der Waals surface area (Å²) < 4.78 is 0. The lowest BCUT2D eigenvalue weighted by Crippen LogP contribution is -2.39. The highest BCUT2D eigenvalue weighted by atomic mass is 15.2. The monoisotopic (exact) mass is 255 g/mol. The Morgan fingerprint density at radius 3 is 2.67 bits per heavy atom. The summed E-state index contributed by atoms with van der Waals surface area (Å²) in [7, 11) is 4.34. The van der Waals surface area contributed by atoms with Gasteiger partial charge in [-0.15, -0.1) is 0 Å². The van der Waals surface area contributed by atoms with Crippen molar-refractivity contribution in [3.05, 3.63) is 0 Å². The van der Waals surface area contributed by atoms with Crippen molar-refractivity contribution in [1.82, 2.24) is 15.1 Å². The van der Waals surface area contributed by atoms with E-state index >= 15 is 0 Å². The molecule has 0 bridgehead atoms. The molecule has 3 nitrogen and oxygen atoms in total. The van der Waals surface area contributed by atoms with Crippen LogP contribution in [0.5, 0.6) is 0 Å². The van der Waals surface area contributed by atoms with E-state index in [9.17, 15) is 0 Å². The van der Waals surface area contributed by atoms with E-state index in [4.69, 9.17) is 0 Å². The van der Waals surface area contributed by atoms with Crippen molar-refractivity contribution < 1.29 is 0 Å². The Morgan fingerprint density at radius 1 is 1.33 bits per heavy atom. The van der Waals surface area contributed by atoms with Crippen molar-refractivity contribution in [2.45, 2.75) is 33.6 Å². The van der Waals surface area contributed by atoms with Gasteiger partial charge in [0, 0.05) is 19.6 Å². The van der Waals surface area contributed by atoms with Crippen LogP contribution < -0.4 is 5.32 Å². The first-order valence-electron chi connectivity index (χ1n) is 7.51. The van der Waals surface area contributed by atoms with E-state index in [1.165, 1.54) is 52.1 Å². The Kier molecular flexibility index (Phi) is 6.61. The Balaban J connectivity index is 2.25. The minimum Gasteiger partial charge on any atom is -0.316 e. The molecule has 0 aliphatic carbocycles. The molecule has 1 atom stereocenters. The van der Waals surface area contributed by atoms with Gasteiger partial charge in [0.25, 0.3) is 0 Å². The molecule has 3 heteroatoms. The molecular formula is C15H33N3. The predicted octanol–water partition coefficient (Wildman–Crippen LogP) is 1.90. The van der Waals surface area contributed by atoms with Crippen LogP contribution in [0.2, 0.25) is 0 Å². The van der Waals surface area contributed by atoms with Gasteiger partial charge in [0.15, 0.2) is 0 Å². The van der Waals surface area contributed by atoms with Crippen LogP contribution in [0.3, 0.4) is 0 Å². The molecule has 0 amide bonds. The predicted molar refractivity (Wildman–Crippen MR) is 80.0 cm³/mol. The first kappa shape index (κ1) is 15.9. The number of likely N-dealkylation sites (tertiary alicyclic amines) is 1. The lowest BCUT2D eigenvalue weighted by molar-refractivity contribution is 0.160. The van der Waals surface area contributed by atoms with Gasteiger partial charge in [-0.2, -0.15) is 0 Å². The number of nitrogens with one attached hydrogen (secondary N) is 1. The van der Waals surface area contributed by atoms with Gasteiger partial charge in [0.05, 0.1) is 0 Å². The van der Waals surface area contributed by atoms with Gasteiger partial charge in [0.2, 0.25) is 0 Å². The van der Waals surface area contributed by atoms with Crippen LogP contribution in [-0.2, 0) is 0 Å². The van der Waals surface area contributed by atoms with Gasteiger partial charge in [-0.3, -0.25) is 0 Å². The molecule has 1 rings (SSSR count). The Bertz CT molecular complexity index is 226. The van der Waals surface area contributed by atoms with Crippen molar-refractivity contribution in [1.29, 1.82) is 0 Å². The lowest BCUT2D eigenvalue weighted by atomic mass is 9.92. The second kappa shape index (κ2) is 7.46. The summed E-state index contributed by atoms with van der Waals surface area (Å²) in [6.45, 7) is 14.4. The highest BCUT2D eigenvalue weighted by molar-refractivity contribution is 4.83. The number of hydrogen-bond donors (Lipinski definition) is 1. The Hall–Kier alpha value is -0.120. The van der Waals surface area contributed by atoms with Gasteiger partial charge < -0.3 is 15.1 Å². The molecule has 0 aromatic carbocycles. The van der Waals surface area contributed by atoms with Crippen LogP contribution in [0.25, 0.3) is 0 Å². The molecule has 0 saturated carbocycles. The average Bonchev–Trinajstić information content (AvgIpc) is 2.63. The Labute approximate surface area is 114 Å². The molecule has 1 unspecified atom stereocenters. The van der Waals surface area contributed by atoms with Crippen molar-refractivity contribution in [3.63, 3.8) is 0 Å². The molecule has 1 heterocycles. The molecule has 0 aromatic heterocycles. The summed E-state index contributed by atoms with van der Waals surface area (Å²) in [5.41, 5.74) is 0.398. The molecule has 0 radical (unpaired) electrons. The summed E-state index contributed by atoms with van der Waals surface area (Å²) in [5, 5.41) is 3.56. The molecule has 18 heavy (non-hydrogen) atoms. The van der Waals surface area contributed by atoms with Crippen molar-refractivity contribution in [2.24, 2.45) is 11.3 Å². The fraction of sp³-hybridized carbons (Fsp3) is 1.00. The molecule has 1 aliphatic heterocycles. The maximum atomic E-state index is 3.56. The number of nitrogens with zero attached hydrogens (tertiary/aromatic N) is 2. The normalized spacial score (nSPS) is 22.0. The smallest absolute Gasteiger partial charge is 0.00450 e. The fourth-order valence-electron chi connectivity index (χ4n) is 3.22. The molecule has 1 aliphatic rings. The average molecular weight is 255 g/mol. The molecule has 0 spiro atoms. The zero-order valence-corrected chi connectivity index (χ0v) is 13.1. The third kappa shape index (κ3) is 6.17. The van der Waals surface area contributed by atoms with Gasteiger partial charge in [-0.25, -0.2) is 0 Å². The second-order valence-electron chi connectivity index (χ2n) is 7.00. The topological polar surface area (TPSA) is 18.5 Å². The van der Waals surface area contributed by atoms with Crippen LogP contribution in [0.15, 0.2) is 0 Å². The van der Waals surface area contributed by atoms with Crippen LogP contribution in [0.1, 0.15) is 33.6 Å². The van der Waals surface area contributed by atoms with Crippen LogP contribution in [0.4, 0.5) is 0 Å². The summed E-state index contributed by atoms with van der Waals surface area (Å²) in [6.07, 6.45) is 2.61. The highest BCUT2D eigenvalue weighted by Gasteiger charge is 2.28. The van der Waals surface area contributed by atoms with Crippen molar-refractivity contribution in [3.8, 4) is 0 Å². The lowest BCUT2D eigenvalue weighted by Gasteiger charge is -2.32. The summed E-state index contributed by atoms with van der Waals surface area (Å²) >= 11 is 0. The quantitative estimate of drug-likeness (QED) is 0.668. The number of hydrogen-bond acceptors (Lipinski definition) is 3. The number of rotatable bonds is 8. The van der Waals surface area contributed by atoms with E-state index in [-0.39, 0.29) is 0 Å². The minimum absolute atomic E-state index is 0.398. The van der Waals surface area contributed by atoms with E-state index in [2.05, 4.69) is 50.0 Å². The molecule has 0 aromatic rings. The van der Waals surface area contributed by atoms with E-state index in [0.717, 1.165) is 5.92 Å². The van der Waals surface area contributed by atoms with Crippen molar-refractivity contribution in [2.75, 3.05) is 53.4 Å². The van der Waals surface area contributed by atoms with Gasteiger partial charge in [0.1, 0.15) is 0 Å². The van der Waals surface area contributed by atoms with E-state index in [1.54, 1.807) is 0 Å². The third-order valence-electron chi connectivity index (χ3n) is 3.63. The van der Waals surface area contributed by atoms with Crippen LogP contribution >= 0.6 is 0 Å². The zero-order valence-electron chi connectivity index (χ0n) is 13.1. The molecule has 1 saturated heterocycles. The summed E-state index contributed by atoms with van der Waals surface area (Å²) in [4.78, 5) is 4.96. The maximum Gasteiger partial charge on any atom is 0.00450 e. The van der Waals surface area contributed by atoms with Gasteiger partial charge >= 0.3 is 0 Å². The molecule has 1 fully saturated rings. The van der Waals surface area contributed by atoms with E-state index < -0.39 is 0 Å². The second-order valence-corrected chi connectivity index (χ2v) is 7.00. The Morgan fingerprint density at radius 2 is 2.06 bits per heavy atom. The highest BCUT2D eigenvalue weighted by Crippen LogP contribution is 2.23. The fourth-order valence-corrected chi connectivity index (χ4v) is 3.22. The third-order valence-corrected chi connectivity index (χ3v) is 3.63. The summed E-state index contributed by atoms with van der Waals surface area (Å²) in [6, 6.07) is 0. The maximum absolute atomic E-state index is 3.56. The standard InChI is InChI=1S/C15H33N3/c1-6-8-16-10-14-7-9-18(11-14)13-15(2,3)12-17(4)5/h14,16H,6-13H2,1-5H3. The van der Waals surface area contributed by atoms with Crippen LogP contribution in [-0.4, -0.2) is 63.2 Å². The van der Waals surface area contributed by atoms with E-state index in [1.807, 2.05) is 0 Å². The first-order chi connectivity index (χ1) is 8.43. The van der Waals surface area contributed by atoms with Crippen LogP contribution in [0, 0.1) is 11.3 Å². The molecular weight excluding hydrogens is 222 g/mol. The van der Waals surface area contributed by atoms with Crippen molar-refractivity contribution >= 4 is 0 Å². The molecule has 108 valence electrons. The molecule has 1 N–H and O–H groups in total. The minimum atomic E-state index is 0.398. The largest absolute Gasteiger partial charge is 0.316 e. The van der Waals surface area contributed by atoms with Gasteiger partial charge in [-0.05, 0) is 57.9 Å². The SMILES string of the molecule is CCCNCC1CCN(CC(C)(C)CN(C)C)C1.